The summed E-state index contributed by atoms with van der Waals surface area (Å²) >= 11 is 0. The molecule has 19 heavy (non-hydrogen) atoms. The van der Waals surface area contributed by atoms with E-state index in [-0.39, 0.29) is 0 Å². The number of methoxy groups -OCH3 is 1. The molecule has 7 heteroatoms. The highest BCUT2D eigenvalue weighted by molar-refractivity contribution is 6.04. The zero-order chi connectivity index (χ0) is 14.6. The second kappa shape index (κ2) is 6.03. The minimum atomic E-state index is -1.10. The number of ether oxygens (including phenoxy) is 1. The van der Waals surface area contributed by atoms with Gasteiger partial charge in [0.25, 0.3) is 0 Å². The van der Waals surface area contributed by atoms with E-state index in [4.69, 9.17) is 0 Å². The summed E-state index contributed by atoms with van der Waals surface area (Å²) in [4.78, 5) is 33.2. The van der Waals surface area contributed by atoms with Gasteiger partial charge in [-0.05, 0) is 13.0 Å². The standard InChI is InChI=1S/C12H11F2NO4/c1-6(16)3-11(17)15-10-4-7(12(18)19-2)8(13)5-9(10)14/h4-5H,3H2,1-2H3,(H,15,17). The zero-order valence-corrected chi connectivity index (χ0v) is 10.3. The molecule has 0 aliphatic heterocycles. The molecule has 1 rings (SSSR count). The van der Waals surface area contributed by atoms with E-state index in [1.807, 2.05) is 0 Å². The molecule has 0 saturated heterocycles. The Morgan fingerprint density at radius 2 is 1.84 bits per heavy atom. The van der Waals surface area contributed by atoms with Gasteiger partial charge >= 0.3 is 5.97 Å². The largest absolute Gasteiger partial charge is 0.465 e. The van der Waals surface area contributed by atoms with Crippen LogP contribution in [0.2, 0.25) is 0 Å². The molecule has 1 aromatic carbocycles. The summed E-state index contributed by atoms with van der Waals surface area (Å²) in [5, 5.41) is 2.08. The number of esters is 1. The summed E-state index contributed by atoms with van der Waals surface area (Å²) in [7, 11) is 1.04. The lowest BCUT2D eigenvalue weighted by Crippen LogP contribution is -2.16. The van der Waals surface area contributed by atoms with Gasteiger partial charge in [0.05, 0.1) is 24.8 Å². The van der Waals surface area contributed by atoms with Gasteiger partial charge in [-0.25, -0.2) is 13.6 Å². The van der Waals surface area contributed by atoms with Gasteiger partial charge in [0.2, 0.25) is 5.91 Å². The van der Waals surface area contributed by atoms with E-state index in [1.165, 1.54) is 6.92 Å². The van der Waals surface area contributed by atoms with Crippen molar-refractivity contribution in [2.24, 2.45) is 0 Å². The average molecular weight is 271 g/mol. The van der Waals surface area contributed by atoms with Crippen LogP contribution in [0, 0.1) is 11.6 Å². The maximum Gasteiger partial charge on any atom is 0.340 e. The van der Waals surface area contributed by atoms with Gasteiger partial charge in [-0.3, -0.25) is 9.59 Å². The number of benzene rings is 1. The highest BCUT2D eigenvalue weighted by atomic mass is 19.1. The first kappa shape index (κ1) is 14.7. The molecule has 0 aromatic heterocycles. The number of carbonyl (C=O) groups is 3. The maximum atomic E-state index is 13.4. The van der Waals surface area contributed by atoms with E-state index >= 15 is 0 Å². The van der Waals surface area contributed by atoms with Crippen molar-refractivity contribution in [3.63, 3.8) is 0 Å². The third-order valence-electron chi connectivity index (χ3n) is 2.15. The van der Waals surface area contributed by atoms with Crippen LogP contribution in [-0.4, -0.2) is 24.8 Å². The molecule has 0 spiro atoms. The van der Waals surface area contributed by atoms with E-state index in [0.29, 0.717) is 6.07 Å². The number of hydrogen-bond acceptors (Lipinski definition) is 4. The van der Waals surface area contributed by atoms with Gasteiger partial charge in [0, 0.05) is 6.07 Å². The Labute approximate surface area is 107 Å². The van der Waals surface area contributed by atoms with Gasteiger partial charge in [-0.1, -0.05) is 0 Å². The molecule has 0 unspecified atom stereocenters. The molecule has 0 aliphatic carbocycles. The molecule has 0 heterocycles. The third kappa shape index (κ3) is 3.84. The highest BCUT2D eigenvalue weighted by Crippen LogP contribution is 2.20. The van der Waals surface area contributed by atoms with E-state index in [1.54, 1.807) is 0 Å². The summed E-state index contributed by atoms with van der Waals surface area (Å²) in [6.45, 7) is 1.19. The molecular formula is C12H11F2NO4. The van der Waals surface area contributed by atoms with Crippen LogP contribution in [0.25, 0.3) is 0 Å². The Balaban J connectivity index is 3.04. The number of anilines is 1. The van der Waals surface area contributed by atoms with Crippen molar-refractivity contribution >= 4 is 23.3 Å². The molecule has 1 N–H and O–H groups in total. The van der Waals surface area contributed by atoms with Crippen molar-refractivity contribution in [2.45, 2.75) is 13.3 Å². The minimum absolute atomic E-state index is 0.395. The van der Waals surface area contributed by atoms with Gasteiger partial charge in [0.15, 0.2) is 0 Å². The highest BCUT2D eigenvalue weighted by Gasteiger charge is 2.18. The van der Waals surface area contributed by atoms with Crippen LogP contribution in [-0.2, 0) is 14.3 Å². The predicted molar refractivity (Wildman–Crippen MR) is 61.6 cm³/mol. The third-order valence-corrected chi connectivity index (χ3v) is 2.15. The van der Waals surface area contributed by atoms with Gasteiger partial charge < -0.3 is 10.1 Å². The normalized spacial score (nSPS) is 9.89. The fraction of sp³-hybridized carbons (Fsp3) is 0.250. The van der Waals surface area contributed by atoms with Crippen LogP contribution in [0.3, 0.4) is 0 Å². The van der Waals surface area contributed by atoms with Crippen molar-refractivity contribution in [1.29, 1.82) is 0 Å². The lowest BCUT2D eigenvalue weighted by Gasteiger charge is -2.08. The fourth-order valence-electron chi connectivity index (χ4n) is 1.33. The van der Waals surface area contributed by atoms with Crippen molar-refractivity contribution in [2.75, 3.05) is 12.4 Å². The molecule has 102 valence electrons. The number of carbonyl (C=O) groups excluding carboxylic acids is 3. The van der Waals surface area contributed by atoms with Crippen molar-refractivity contribution < 1.29 is 27.9 Å². The fourth-order valence-corrected chi connectivity index (χ4v) is 1.33. The molecule has 0 atom stereocenters. The number of halogens is 2. The van der Waals surface area contributed by atoms with E-state index < -0.39 is 47.0 Å². The topological polar surface area (TPSA) is 72.5 Å². The second-order valence-electron chi connectivity index (χ2n) is 3.73. The summed E-state index contributed by atoms with van der Waals surface area (Å²) in [5.74, 6) is -4.32. The summed E-state index contributed by atoms with van der Waals surface area (Å²) in [6.07, 6.45) is -0.440. The SMILES string of the molecule is COC(=O)c1cc(NC(=O)CC(C)=O)c(F)cc1F. The number of ketones is 1. The first-order valence-electron chi connectivity index (χ1n) is 5.21. The van der Waals surface area contributed by atoms with Crippen LogP contribution in [0.5, 0.6) is 0 Å². The second-order valence-corrected chi connectivity index (χ2v) is 3.73. The van der Waals surface area contributed by atoms with Crippen LogP contribution < -0.4 is 5.32 Å². The average Bonchev–Trinajstić information content (AvgIpc) is 2.30. The number of Topliss-reactive ketones (excluding diaryl/α,β-unsaturated/α-hetero) is 1. The molecule has 0 aliphatic rings. The summed E-state index contributed by atoms with van der Waals surface area (Å²) in [6, 6.07) is 1.27. The Morgan fingerprint density at radius 3 is 2.37 bits per heavy atom. The van der Waals surface area contributed by atoms with Crippen molar-refractivity contribution in [3.05, 3.63) is 29.3 Å². The molecule has 0 bridgehead atoms. The Kier molecular flexibility index (Phi) is 4.68. The van der Waals surface area contributed by atoms with Crippen LogP contribution in [0.4, 0.5) is 14.5 Å². The molecule has 1 aromatic rings. The van der Waals surface area contributed by atoms with Crippen molar-refractivity contribution in [1.82, 2.24) is 0 Å². The Morgan fingerprint density at radius 1 is 1.21 bits per heavy atom. The quantitative estimate of drug-likeness (QED) is 0.667. The monoisotopic (exact) mass is 271 g/mol. The van der Waals surface area contributed by atoms with E-state index in [9.17, 15) is 23.2 Å². The molecule has 0 saturated carbocycles. The predicted octanol–water partition coefficient (Wildman–Crippen LogP) is 1.67. The van der Waals surface area contributed by atoms with Crippen LogP contribution in [0.15, 0.2) is 12.1 Å². The first-order chi connectivity index (χ1) is 8.85. The molecular weight excluding hydrogens is 260 g/mol. The maximum absolute atomic E-state index is 13.4. The van der Waals surface area contributed by atoms with Gasteiger partial charge in [-0.15, -0.1) is 0 Å². The zero-order valence-electron chi connectivity index (χ0n) is 10.3. The Hall–Kier alpha value is -2.31. The molecule has 0 fully saturated rings. The van der Waals surface area contributed by atoms with Crippen molar-refractivity contribution in [3.8, 4) is 0 Å². The summed E-state index contributed by atoms with van der Waals surface area (Å²) < 4.78 is 31.0. The minimum Gasteiger partial charge on any atom is -0.465 e. The molecule has 5 nitrogen and oxygen atoms in total. The van der Waals surface area contributed by atoms with Crippen LogP contribution >= 0.6 is 0 Å². The molecule has 1 amide bonds. The van der Waals surface area contributed by atoms with E-state index in [0.717, 1.165) is 13.2 Å². The van der Waals surface area contributed by atoms with Crippen LogP contribution in [0.1, 0.15) is 23.7 Å². The number of nitrogens with one attached hydrogen (secondary N) is 1. The van der Waals surface area contributed by atoms with Gasteiger partial charge in [-0.2, -0.15) is 0 Å². The number of hydrogen-bond donors (Lipinski definition) is 1. The van der Waals surface area contributed by atoms with E-state index in [2.05, 4.69) is 10.1 Å². The summed E-state index contributed by atoms with van der Waals surface area (Å²) in [5.41, 5.74) is -0.907. The molecule has 0 radical (unpaired) electrons. The lowest BCUT2D eigenvalue weighted by molar-refractivity contribution is -0.124. The number of rotatable bonds is 4. The Bertz CT molecular complexity index is 543. The lowest BCUT2D eigenvalue weighted by atomic mass is 10.1. The smallest absolute Gasteiger partial charge is 0.340 e. The first-order valence-corrected chi connectivity index (χ1v) is 5.21. The number of amides is 1. The van der Waals surface area contributed by atoms with Gasteiger partial charge in [0.1, 0.15) is 17.4 Å².